The second-order valence-corrected chi connectivity index (χ2v) is 12.1. The first-order valence-electron chi connectivity index (χ1n) is 14.7. The molecular formula is C35H32N6O4. The van der Waals surface area contributed by atoms with Gasteiger partial charge in [-0.1, -0.05) is 24.3 Å². The molecule has 6 rings (SSSR count). The Morgan fingerprint density at radius 1 is 0.933 bits per heavy atom. The minimum Gasteiger partial charge on any atom is -0.444 e. The number of amides is 2. The van der Waals surface area contributed by atoms with E-state index in [0.717, 1.165) is 22.0 Å². The van der Waals surface area contributed by atoms with E-state index in [1.54, 1.807) is 52.4 Å². The van der Waals surface area contributed by atoms with E-state index in [0.29, 0.717) is 59.5 Å². The van der Waals surface area contributed by atoms with Crippen LogP contribution < -0.4 is 0 Å². The highest BCUT2D eigenvalue weighted by molar-refractivity contribution is 6.10. The zero-order chi connectivity index (χ0) is 31.9. The number of ether oxygens (including phenoxy) is 1. The van der Waals surface area contributed by atoms with Crippen LogP contribution in [0.15, 0.2) is 66.9 Å². The first kappa shape index (κ1) is 29.5. The summed E-state index contributed by atoms with van der Waals surface area (Å²) < 4.78 is 5.45. The maximum absolute atomic E-state index is 13.7. The fourth-order valence-electron chi connectivity index (χ4n) is 5.58. The summed E-state index contributed by atoms with van der Waals surface area (Å²) in [7, 11) is 0. The van der Waals surface area contributed by atoms with Crippen molar-refractivity contribution in [2.75, 3.05) is 26.2 Å². The number of nitrogens with zero attached hydrogens (tertiary/aromatic N) is 5. The van der Waals surface area contributed by atoms with Crippen molar-refractivity contribution in [2.24, 2.45) is 0 Å². The van der Waals surface area contributed by atoms with Crippen LogP contribution in [-0.2, 0) is 4.74 Å². The van der Waals surface area contributed by atoms with Gasteiger partial charge in [0, 0.05) is 65.7 Å². The summed E-state index contributed by atoms with van der Waals surface area (Å²) in [6.07, 6.45) is 1.41. The molecule has 1 saturated heterocycles. The van der Waals surface area contributed by atoms with Crippen molar-refractivity contribution >= 4 is 39.6 Å². The van der Waals surface area contributed by atoms with Gasteiger partial charge in [0.1, 0.15) is 5.60 Å². The number of hydrogen-bond acceptors (Lipinski definition) is 7. The number of fused-ring (bicyclic) bond motifs is 2. The second-order valence-electron chi connectivity index (χ2n) is 12.1. The Morgan fingerprint density at radius 3 is 2.38 bits per heavy atom. The van der Waals surface area contributed by atoms with Crippen LogP contribution in [0.5, 0.6) is 0 Å². The molecule has 0 bridgehead atoms. The Labute approximate surface area is 260 Å². The number of H-pyrrole nitrogens is 1. The standard InChI is InChI=1S/C35H32N6O4/c1-21-30(26-8-6-5-7-25(26)20-37-21)27-17-22(9-10-24(27)19-36)31(42)32-38-28-12-11-23(18-29(28)39-32)33(43)40-13-15-41(16-14-40)34(44)45-35(2,3)4/h5-12,17-18,20H,13-16H2,1-4H3,(H,38,39). The molecule has 45 heavy (non-hydrogen) atoms. The molecule has 1 aliphatic rings. The zero-order valence-electron chi connectivity index (χ0n) is 25.5. The average molecular weight is 601 g/mol. The van der Waals surface area contributed by atoms with Gasteiger partial charge in [0.2, 0.25) is 5.78 Å². The van der Waals surface area contributed by atoms with Crippen LogP contribution in [0.2, 0.25) is 0 Å². The minimum atomic E-state index is -0.584. The third kappa shape index (κ3) is 5.85. The molecule has 0 saturated carbocycles. The first-order valence-corrected chi connectivity index (χ1v) is 14.7. The van der Waals surface area contributed by atoms with E-state index in [1.165, 1.54) is 0 Å². The van der Waals surface area contributed by atoms with Crippen LogP contribution >= 0.6 is 0 Å². The van der Waals surface area contributed by atoms with Crippen molar-refractivity contribution in [1.29, 1.82) is 5.26 Å². The van der Waals surface area contributed by atoms with E-state index in [9.17, 15) is 19.6 Å². The molecule has 5 aromatic rings. The lowest BCUT2D eigenvalue weighted by atomic mass is 9.92. The number of hydrogen-bond donors (Lipinski definition) is 1. The molecule has 1 N–H and O–H groups in total. The Bertz CT molecular complexity index is 2030. The Balaban J connectivity index is 1.24. The molecule has 2 amide bonds. The van der Waals surface area contributed by atoms with E-state index in [-0.39, 0.29) is 23.6 Å². The number of aryl methyl sites for hydroxylation is 1. The molecule has 10 nitrogen and oxygen atoms in total. The van der Waals surface area contributed by atoms with E-state index in [1.807, 2.05) is 52.0 Å². The molecular weight excluding hydrogens is 568 g/mol. The van der Waals surface area contributed by atoms with Gasteiger partial charge in [-0.05, 0) is 69.5 Å². The number of carbonyl (C=O) groups is 3. The molecule has 3 aromatic carbocycles. The first-order chi connectivity index (χ1) is 21.5. The molecule has 226 valence electrons. The summed E-state index contributed by atoms with van der Waals surface area (Å²) in [5.74, 6) is -0.378. The van der Waals surface area contributed by atoms with Crippen LogP contribution in [-0.4, -0.2) is 74.3 Å². The molecule has 0 atom stereocenters. The average Bonchev–Trinajstić information content (AvgIpc) is 3.47. The molecule has 0 aliphatic carbocycles. The largest absolute Gasteiger partial charge is 0.444 e. The molecule has 1 aliphatic heterocycles. The molecule has 0 spiro atoms. The molecule has 0 unspecified atom stereocenters. The highest BCUT2D eigenvalue weighted by Gasteiger charge is 2.28. The summed E-state index contributed by atoms with van der Waals surface area (Å²) in [6.45, 7) is 8.88. The molecule has 10 heteroatoms. The SMILES string of the molecule is Cc1ncc2ccccc2c1-c1cc(C(=O)c2nc3ccc(C(=O)N4CCN(C(=O)OC(C)(C)C)CC4)cc3[nH]2)ccc1C#N. The van der Waals surface area contributed by atoms with E-state index in [2.05, 4.69) is 21.0 Å². The van der Waals surface area contributed by atoms with Gasteiger partial charge in [-0.3, -0.25) is 14.6 Å². The summed E-state index contributed by atoms with van der Waals surface area (Å²) in [5, 5.41) is 11.8. The van der Waals surface area contributed by atoms with Gasteiger partial charge in [-0.2, -0.15) is 5.26 Å². The van der Waals surface area contributed by atoms with Gasteiger partial charge in [0.25, 0.3) is 5.91 Å². The normalized spacial score (nSPS) is 13.6. The highest BCUT2D eigenvalue weighted by Crippen LogP contribution is 2.34. The van der Waals surface area contributed by atoms with Crippen LogP contribution in [0.25, 0.3) is 32.9 Å². The van der Waals surface area contributed by atoms with Crippen molar-refractivity contribution in [2.45, 2.75) is 33.3 Å². The van der Waals surface area contributed by atoms with Gasteiger partial charge in [0.05, 0.1) is 22.7 Å². The summed E-state index contributed by atoms with van der Waals surface area (Å²) >= 11 is 0. The minimum absolute atomic E-state index is 0.129. The van der Waals surface area contributed by atoms with Gasteiger partial charge in [-0.25, -0.2) is 9.78 Å². The molecule has 2 aromatic heterocycles. The van der Waals surface area contributed by atoms with Crippen LogP contribution in [0, 0.1) is 18.3 Å². The third-order valence-electron chi connectivity index (χ3n) is 7.82. The molecule has 1 fully saturated rings. The summed E-state index contributed by atoms with van der Waals surface area (Å²) in [5.41, 5.74) is 3.96. The van der Waals surface area contributed by atoms with Crippen LogP contribution in [0.3, 0.4) is 0 Å². The Hall–Kier alpha value is -5.56. The topological polar surface area (TPSA) is 132 Å². The number of imidazole rings is 1. The number of nitriles is 1. The number of aromatic amines is 1. The molecule has 0 radical (unpaired) electrons. The monoisotopic (exact) mass is 600 g/mol. The maximum Gasteiger partial charge on any atom is 0.410 e. The number of pyridine rings is 1. The Kier molecular flexibility index (Phi) is 7.54. The fourth-order valence-corrected chi connectivity index (χ4v) is 5.58. The highest BCUT2D eigenvalue weighted by atomic mass is 16.6. The number of benzene rings is 3. The number of piperazine rings is 1. The number of carbonyl (C=O) groups excluding carboxylic acids is 3. The zero-order valence-corrected chi connectivity index (χ0v) is 25.5. The molecule has 3 heterocycles. The number of aromatic nitrogens is 3. The maximum atomic E-state index is 13.7. The third-order valence-corrected chi connectivity index (χ3v) is 7.82. The van der Waals surface area contributed by atoms with Crippen molar-refractivity contribution < 1.29 is 19.1 Å². The van der Waals surface area contributed by atoms with Gasteiger partial charge >= 0.3 is 6.09 Å². The summed E-state index contributed by atoms with van der Waals surface area (Å²) in [6, 6.07) is 20.1. The van der Waals surface area contributed by atoms with E-state index >= 15 is 0 Å². The lowest BCUT2D eigenvalue weighted by molar-refractivity contribution is 0.0141. The van der Waals surface area contributed by atoms with Gasteiger partial charge < -0.3 is 19.5 Å². The predicted octanol–water partition coefficient (Wildman–Crippen LogP) is 5.88. The van der Waals surface area contributed by atoms with Crippen molar-refractivity contribution in [3.05, 3.63) is 95.1 Å². The smallest absolute Gasteiger partial charge is 0.410 e. The van der Waals surface area contributed by atoms with Crippen LogP contribution in [0.4, 0.5) is 4.79 Å². The van der Waals surface area contributed by atoms with E-state index < -0.39 is 5.60 Å². The lowest BCUT2D eigenvalue weighted by Gasteiger charge is -2.35. The number of nitrogens with one attached hydrogen (secondary N) is 1. The van der Waals surface area contributed by atoms with Crippen molar-refractivity contribution in [3.63, 3.8) is 0 Å². The van der Waals surface area contributed by atoms with Crippen molar-refractivity contribution in [1.82, 2.24) is 24.8 Å². The Morgan fingerprint density at radius 2 is 1.64 bits per heavy atom. The van der Waals surface area contributed by atoms with E-state index in [4.69, 9.17) is 4.74 Å². The number of rotatable bonds is 4. The van der Waals surface area contributed by atoms with Gasteiger partial charge in [0.15, 0.2) is 5.82 Å². The number of ketones is 1. The lowest BCUT2D eigenvalue weighted by Crippen LogP contribution is -2.51. The predicted molar refractivity (Wildman–Crippen MR) is 170 cm³/mol. The van der Waals surface area contributed by atoms with Gasteiger partial charge in [-0.15, -0.1) is 0 Å². The second kappa shape index (κ2) is 11.5. The quantitative estimate of drug-likeness (QED) is 0.255. The summed E-state index contributed by atoms with van der Waals surface area (Å²) in [4.78, 5) is 54.8. The fraction of sp³-hybridized carbons (Fsp3) is 0.257. The van der Waals surface area contributed by atoms with Crippen molar-refractivity contribution in [3.8, 4) is 17.2 Å². The van der Waals surface area contributed by atoms with Crippen LogP contribution in [0.1, 0.15) is 58.6 Å².